The van der Waals surface area contributed by atoms with E-state index in [1.165, 1.54) is 23.5 Å². The minimum Gasteiger partial charge on any atom is -0.396 e. The lowest BCUT2D eigenvalue weighted by molar-refractivity contribution is -0.137. The number of anilines is 1. The average molecular weight is 459 g/mol. The molecule has 166 valence electrons. The second-order valence-corrected chi connectivity index (χ2v) is 8.45. The third kappa shape index (κ3) is 4.90. The van der Waals surface area contributed by atoms with E-state index in [4.69, 9.17) is 5.73 Å². The fourth-order valence-corrected chi connectivity index (χ4v) is 4.30. The molecule has 2 heterocycles. The van der Waals surface area contributed by atoms with Gasteiger partial charge in [-0.05, 0) is 40.8 Å². The monoisotopic (exact) mass is 458 g/mol. The highest BCUT2D eigenvalue weighted by atomic mass is 32.1. The number of aromatic nitrogens is 2. The van der Waals surface area contributed by atoms with Gasteiger partial charge in [-0.3, -0.25) is 4.98 Å². The fourth-order valence-electron chi connectivity index (χ4n) is 3.48. The minimum absolute atomic E-state index is 0.275. The molecule has 4 N–H and O–H groups in total. The standard InChI is InChI=1S/C23H21F3N4OS/c24-23(25,26)18-5-3-14(4-6-18)19(13-31)20(27)11-29-22-30-12-21(32-22)16-1-2-17-10-28-8-7-15(17)9-16/h1-10,12,19-20,31H,11,13,27H2,(H,29,30)/t19-,20+/m0/s1. The van der Waals surface area contributed by atoms with Crippen LogP contribution in [0.1, 0.15) is 17.0 Å². The summed E-state index contributed by atoms with van der Waals surface area (Å²) in [5.74, 6) is -0.502. The van der Waals surface area contributed by atoms with Gasteiger partial charge >= 0.3 is 6.18 Å². The summed E-state index contributed by atoms with van der Waals surface area (Å²) in [5, 5.41) is 15.8. The Morgan fingerprint density at radius 2 is 1.81 bits per heavy atom. The fraction of sp³-hybridized carbons (Fsp3) is 0.217. The van der Waals surface area contributed by atoms with Gasteiger partial charge in [-0.15, -0.1) is 0 Å². The minimum atomic E-state index is -4.40. The Morgan fingerprint density at radius 3 is 2.53 bits per heavy atom. The first kappa shape index (κ1) is 22.2. The van der Waals surface area contributed by atoms with Crippen molar-refractivity contribution in [2.24, 2.45) is 5.73 Å². The smallest absolute Gasteiger partial charge is 0.396 e. The maximum Gasteiger partial charge on any atom is 0.416 e. The number of rotatable bonds is 7. The van der Waals surface area contributed by atoms with Gasteiger partial charge in [0.1, 0.15) is 0 Å². The molecular weight excluding hydrogens is 437 g/mol. The van der Waals surface area contributed by atoms with E-state index in [0.717, 1.165) is 33.3 Å². The van der Waals surface area contributed by atoms with Crippen LogP contribution in [-0.4, -0.2) is 34.3 Å². The molecule has 0 bridgehead atoms. The van der Waals surface area contributed by atoms with E-state index >= 15 is 0 Å². The zero-order valence-corrected chi connectivity index (χ0v) is 17.7. The van der Waals surface area contributed by atoms with Gasteiger partial charge in [0.15, 0.2) is 5.13 Å². The predicted molar refractivity (Wildman–Crippen MR) is 121 cm³/mol. The molecule has 0 aliphatic heterocycles. The molecule has 0 amide bonds. The lowest BCUT2D eigenvalue weighted by Gasteiger charge is -2.23. The Balaban J connectivity index is 1.42. The van der Waals surface area contributed by atoms with Crippen molar-refractivity contribution in [2.75, 3.05) is 18.5 Å². The molecule has 0 saturated heterocycles. The van der Waals surface area contributed by atoms with E-state index in [1.54, 1.807) is 12.4 Å². The summed E-state index contributed by atoms with van der Waals surface area (Å²) in [6.45, 7) is 0.0336. The Hall–Kier alpha value is -3.01. The molecule has 4 aromatic rings. The van der Waals surface area contributed by atoms with Crippen LogP contribution in [0.25, 0.3) is 21.2 Å². The number of hydrogen-bond acceptors (Lipinski definition) is 6. The summed E-state index contributed by atoms with van der Waals surface area (Å²) >= 11 is 1.48. The van der Waals surface area contributed by atoms with Crippen LogP contribution in [0.3, 0.4) is 0 Å². The second-order valence-electron chi connectivity index (χ2n) is 7.42. The molecule has 5 nitrogen and oxygen atoms in total. The largest absolute Gasteiger partial charge is 0.416 e. The second kappa shape index (κ2) is 9.23. The third-order valence-electron chi connectivity index (χ3n) is 5.30. The van der Waals surface area contributed by atoms with E-state index in [1.807, 2.05) is 24.4 Å². The van der Waals surface area contributed by atoms with Gasteiger partial charge in [0.25, 0.3) is 0 Å². The van der Waals surface area contributed by atoms with Gasteiger partial charge in [-0.2, -0.15) is 13.2 Å². The number of hydrogen-bond donors (Lipinski definition) is 3. The lowest BCUT2D eigenvalue weighted by atomic mass is 9.92. The van der Waals surface area contributed by atoms with Crippen LogP contribution in [0.2, 0.25) is 0 Å². The highest BCUT2D eigenvalue weighted by Gasteiger charge is 2.30. The van der Waals surface area contributed by atoms with Crippen LogP contribution < -0.4 is 11.1 Å². The van der Waals surface area contributed by atoms with Crippen LogP contribution in [-0.2, 0) is 6.18 Å². The van der Waals surface area contributed by atoms with Crippen LogP contribution in [0.4, 0.5) is 18.3 Å². The Bertz CT molecular complexity index is 1190. The van der Waals surface area contributed by atoms with E-state index < -0.39 is 23.7 Å². The lowest BCUT2D eigenvalue weighted by Crippen LogP contribution is -2.37. The molecule has 2 aromatic carbocycles. The van der Waals surface area contributed by atoms with Crippen molar-refractivity contribution in [1.82, 2.24) is 9.97 Å². The number of halogens is 3. The summed E-state index contributed by atoms with van der Waals surface area (Å²) in [6.07, 6.45) is 0.942. The molecule has 0 aliphatic rings. The van der Waals surface area contributed by atoms with Crippen molar-refractivity contribution in [1.29, 1.82) is 0 Å². The molecule has 2 atom stereocenters. The number of aliphatic hydroxyl groups is 1. The Labute approximate surface area is 186 Å². The molecule has 32 heavy (non-hydrogen) atoms. The zero-order valence-electron chi connectivity index (χ0n) is 16.9. The molecule has 0 radical (unpaired) electrons. The van der Waals surface area contributed by atoms with Crippen LogP contribution in [0.15, 0.2) is 67.1 Å². The number of fused-ring (bicyclic) bond motifs is 1. The highest BCUT2D eigenvalue weighted by molar-refractivity contribution is 7.18. The molecule has 0 unspecified atom stereocenters. The summed E-state index contributed by atoms with van der Waals surface area (Å²) < 4.78 is 38.3. The molecule has 0 fully saturated rings. The summed E-state index contributed by atoms with van der Waals surface area (Å²) in [5.41, 5.74) is 7.10. The number of alkyl halides is 3. The Morgan fingerprint density at radius 1 is 1.03 bits per heavy atom. The molecule has 9 heteroatoms. The summed E-state index contributed by atoms with van der Waals surface area (Å²) in [6, 6.07) is 12.3. The van der Waals surface area contributed by atoms with Crippen molar-refractivity contribution in [3.05, 3.63) is 78.2 Å². The van der Waals surface area contributed by atoms with Crippen LogP contribution in [0.5, 0.6) is 0 Å². The molecule has 0 spiro atoms. The number of nitrogens with zero attached hydrogens (tertiary/aromatic N) is 2. The van der Waals surface area contributed by atoms with E-state index in [-0.39, 0.29) is 6.61 Å². The first-order valence-corrected chi connectivity index (χ1v) is 10.7. The van der Waals surface area contributed by atoms with Gasteiger partial charge in [0.05, 0.1) is 17.0 Å². The van der Waals surface area contributed by atoms with Crippen LogP contribution in [0, 0.1) is 0 Å². The molecule has 4 rings (SSSR count). The number of nitrogens with two attached hydrogens (primary N) is 1. The first-order chi connectivity index (χ1) is 15.3. The van der Waals surface area contributed by atoms with Gasteiger partial charge in [-0.1, -0.05) is 35.6 Å². The molecule has 0 saturated carbocycles. The van der Waals surface area contributed by atoms with Crippen molar-refractivity contribution in [3.63, 3.8) is 0 Å². The third-order valence-corrected chi connectivity index (χ3v) is 6.30. The van der Waals surface area contributed by atoms with Gasteiger partial charge < -0.3 is 16.2 Å². The van der Waals surface area contributed by atoms with Crippen molar-refractivity contribution < 1.29 is 18.3 Å². The first-order valence-electron chi connectivity index (χ1n) is 9.92. The molecular formula is C23H21F3N4OS. The van der Waals surface area contributed by atoms with Gasteiger partial charge in [0, 0.05) is 42.5 Å². The zero-order chi connectivity index (χ0) is 22.7. The van der Waals surface area contributed by atoms with Crippen LogP contribution >= 0.6 is 11.3 Å². The maximum atomic E-state index is 12.8. The quantitative estimate of drug-likeness (QED) is 0.367. The predicted octanol–water partition coefficient (Wildman–Crippen LogP) is 4.89. The van der Waals surface area contributed by atoms with E-state index in [9.17, 15) is 18.3 Å². The maximum absolute atomic E-state index is 12.8. The number of nitrogens with one attached hydrogen (secondary N) is 1. The number of aliphatic hydroxyl groups excluding tert-OH is 1. The number of thiazole rings is 1. The summed E-state index contributed by atoms with van der Waals surface area (Å²) in [7, 11) is 0. The number of pyridine rings is 1. The Kier molecular flexibility index (Phi) is 6.40. The van der Waals surface area contributed by atoms with Crippen molar-refractivity contribution in [3.8, 4) is 10.4 Å². The average Bonchev–Trinajstić information content (AvgIpc) is 3.27. The van der Waals surface area contributed by atoms with Crippen molar-refractivity contribution in [2.45, 2.75) is 18.1 Å². The highest BCUT2D eigenvalue weighted by Crippen LogP contribution is 2.32. The van der Waals surface area contributed by atoms with Gasteiger partial charge in [-0.25, -0.2) is 4.98 Å². The van der Waals surface area contributed by atoms with Gasteiger partial charge in [0.2, 0.25) is 0 Å². The molecule has 2 aromatic heterocycles. The topological polar surface area (TPSA) is 84.1 Å². The normalized spacial score (nSPS) is 13.8. The van der Waals surface area contributed by atoms with Crippen molar-refractivity contribution >= 4 is 27.2 Å². The SMILES string of the molecule is N[C@H](CNc1ncc(-c2ccc3cnccc3c2)s1)[C@@H](CO)c1ccc(C(F)(F)F)cc1. The van der Waals surface area contributed by atoms with E-state index in [2.05, 4.69) is 21.4 Å². The number of benzene rings is 2. The molecule has 0 aliphatic carbocycles. The van der Waals surface area contributed by atoms with E-state index in [0.29, 0.717) is 17.2 Å². The summed E-state index contributed by atoms with van der Waals surface area (Å²) in [4.78, 5) is 9.50.